The van der Waals surface area contributed by atoms with Crippen molar-refractivity contribution in [3.8, 4) is 0 Å². The Labute approximate surface area is 119 Å². The van der Waals surface area contributed by atoms with E-state index < -0.39 is 6.04 Å². The van der Waals surface area contributed by atoms with Gasteiger partial charge >= 0.3 is 6.03 Å². The number of piperidine rings is 2. The van der Waals surface area contributed by atoms with Gasteiger partial charge in [-0.15, -0.1) is 0 Å². The Morgan fingerprint density at radius 2 is 2.40 bits per heavy atom. The maximum absolute atomic E-state index is 11.4. The first-order chi connectivity index (χ1) is 9.42. The van der Waals surface area contributed by atoms with Crippen molar-refractivity contribution in [1.29, 1.82) is 0 Å². The number of carbonyl (C=O) groups excluding carboxylic acids is 1. The van der Waals surface area contributed by atoms with Gasteiger partial charge in [0.15, 0.2) is 0 Å². The molecule has 2 fully saturated rings. The highest BCUT2D eigenvalue weighted by Crippen LogP contribution is 2.39. The predicted molar refractivity (Wildman–Crippen MR) is 74.9 cm³/mol. The first-order valence-electron chi connectivity index (χ1n) is 7.30. The van der Waals surface area contributed by atoms with E-state index >= 15 is 0 Å². The van der Waals surface area contributed by atoms with Gasteiger partial charge in [0, 0.05) is 43.3 Å². The lowest BCUT2D eigenvalue weighted by Crippen LogP contribution is -2.59. The zero-order chi connectivity index (χ0) is 14.8. The molecule has 114 valence electrons. The van der Waals surface area contributed by atoms with E-state index in [0.29, 0.717) is 18.9 Å². The summed E-state index contributed by atoms with van der Waals surface area (Å²) < 4.78 is 0. The number of nitro groups is 1. The fraction of sp³-hybridized carbons (Fsp3) is 0.923. The van der Waals surface area contributed by atoms with Gasteiger partial charge in [0.2, 0.25) is 6.04 Å². The molecule has 20 heavy (non-hydrogen) atoms. The summed E-state index contributed by atoms with van der Waals surface area (Å²) in [7, 11) is 0. The van der Waals surface area contributed by atoms with Crippen molar-refractivity contribution >= 4 is 6.03 Å². The molecule has 2 heterocycles. The average Bonchev–Trinajstić information content (AvgIpc) is 2.37. The highest BCUT2D eigenvalue weighted by Gasteiger charge is 2.43. The number of amides is 2. The van der Waals surface area contributed by atoms with Crippen LogP contribution in [0.1, 0.15) is 32.6 Å². The third-order valence-corrected chi connectivity index (χ3v) is 4.66. The maximum Gasteiger partial charge on any atom is 0.314 e. The summed E-state index contributed by atoms with van der Waals surface area (Å²) in [5.74, 6) is 0.456. The molecule has 2 saturated heterocycles. The topological polar surface area (TPSA) is 102 Å². The van der Waals surface area contributed by atoms with Crippen molar-refractivity contribution < 1.29 is 9.72 Å². The van der Waals surface area contributed by atoms with Gasteiger partial charge in [0.05, 0.1) is 0 Å². The third kappa shape index (κ3) is 3.39. The number of likely N-dealkylation sites (tertiary alicyclic amines) is 1. The maximum atomic E-state index is 11.4. The minimum Gasteiger partial charge on any atom is -0.351 e. The molecule has 2 aliphatic rings. The van der Waals surface area contributed by atoms with Crippen LogP contribution in [-0.4, -0.2) is 48.1 Å². The zero-order valence-electron chi connectivity index (χ0n) is 12.0. The van der Waals surface area contributed by atoms with Crippen LogP contribution in [-0.2, 0) is 0 Å². The molecule has 0 aromatic carbocycles. The number of hydrogen-bond acceptors (Lipinski definition) is 4. The van der Waals surface area contributed by atoms with Gasteiger partial charge in [-0.2, -0.15) is 0 Å². The van der Waals surface area contributed by atoms with Crippen molar-refractivity contribution in [2.24, 2.45) is 17.1 Å². The lowest BCUT2D eigenvalue weighted by Gasteiger charge is -2.49. The quantitative estimate of drug-likeness (QED) is 0.576. The SMILES string of the molecule is CC(CCCC12CNCC(CN(C(N)=O)C1)C2)[N+](=O)[O-]. The number of nitrogens with two attached hydrogens (primary N) is 1. The molecule has 2 bridgehead atoms. The Balaban J connectivity index is 1.92. The van der Waals surface area contributed by atoms with Crippen LogP contribution in [0.15, 0.2) is 0 Å². The molecule has 2 aliphatic heterocycles. The highest BCUT2D eigenvalue weighted by atomic mass is 16.6. The van der Waals surface area contributed by atoms with E-state index in [9.17, 15) is 14.9 Å². The minimum atomic E-state index is -0.491. The van der Waals surface area contributed by atoms with E-state index in [1.54, 1.807) is 11.8 Å². The molecule has 0 spiro atoms. The summed E-state index contributed by atoms with van der Waals surface area (Å²) in [6.45, 7) is 4.86. The Morgan fingerprint density at radius 1 is 1.65 bits per heavy atom. The van der Waals surface area contributed by atoms with Crippen LogP contribution >= 0.6 is 0 Å². The van der Waals surface area contributed by atoms with Crippen LogP contribution in [0.2, 0.25) is 0 Å². The molecule has 7 heteroatoms. The number of primary amides is 1. The summed E-state index contributed by atoms with van der Waals surface area (Å²) in [4.78, 5) is 23.6. The van der Waals surface area contributed by atoms with E-state index in [1.165, 1.54) is 0 Å². The summed E-state index contributed by atoms with van der Waals surface area (Å²) in [5.41, 5.74) is 5.47. The molecule has 2 amide bonds. The largest absolute Gasteiger partial charge is 0.351 e. The monoisotopic (exact) mass is 284 g/mol. The van der Waals surface area contributed by atoms with Gasteiger partial charge in [0.25, 0.3) is 0 Å². The molecule has 2 rings (SSSR count). The molecule has 0 aromatic rings. The van der Waals surface area contributed by atoms with Crippen molar-refractivity contribution in [2.75, 3.05) is 26.2 Å². The molecular weight excluding hydrogens is 260 g/mol. The fourth-order valence-electron chi connectivity index (χ4n) is 3.64. The van der Waals surface area contributed by atoms with E-state index in [2.05, 4.69) is 5.32 Å². The lowest BCUT2D eigenvalue weighted by atomic mass is 9.69. The minimum absolute atomic E-state index is 0.0481. The van der Waals surface area contributed by atoms with E-state index in [1.807, 2.05) is 0 Å². The number of carbonyl (C=O) groups is 1. The normalized spacial score (nSPS) is 30.9. The van der Waals surface area contributed by atoms with Crippen LogP contribution in [0.25, 0.3) is 0 Å². The Hall–Kier alpha value is -1.37. The molecular formula is C13H24N4O3. The average molecular weight is 284 g/mol. The van der Waals surface area contributed by atoms with Gasteiger partial charge in [0.1, 0.15) is 0 Å². The number of hydrogen-bond donors (Lipinski definition) is 2. The molecule has 3 N–H and O–H groups in total. The van der Waals surface area contributed by atoms with Gasteiger partial charge in [-0.1, -0.05) is 0 Å². The second kappa shape index (κ2) is 5.95. The van der Waals surface area contributed by atoms with E-state index in [0.717, 1.165) is 38.9 Å². The lowest BCUT2D eigenvalue weighted by molar-refractivity contribution is -0.519. The van der Waals surface area contributed by atoms with Crippen molar-refractivity contribution in [1.82, 2.24) is 10.2 Å². The molecule has 7 nitrogen and oxygen atoms in total. The summed E-state index contributed by atoms with van der Waals surface area (Å²) in [6, 6.07) is -0.839. The summed E-state index contributed by atoms with van der Waals surface area (Å²) in [5, 5.41) is 14.1. The number of rotatable bonds is 5. The summed E-state index contributed by atoms with van der Waals surface area (Å²) in [6.07, 6.45) is 3.42. The molecule has 3 unspecified atom stereocenters. The number of nitrogens with one attached hydrogen (secondary N) is 1. The smallest absolute Gasteiger partial charge is 0.314 e. The van der Waals surface area contributed by atoms with E-state index in [4.69, 9.17) is 5.73 Å². The second-order valence-electron chi connectivity index (χ2n) is 6.45. The van der Waals surface area contributed by atoms with Crippen molar-refractivity contribution in [2.45, 2.75) is 38.6 Å². The first-order valence-corrected chi connectivity index (χ1v) is 7.30. The van der Waals surface area contributed by atoms with Crippen LogP contribution in [0.5, 0.6) is 0 Å². The number of nitrogens with zero attached hydrogens (tertiary/aromatic N) is 2. The van der Waals surface area contributed by atoms with E-state index in [-0.39, 0.29) is 16.4 Å². The Bertz CT molecular complexity index is 390. The Morgan fingerprint density at radius 3 is 3.05 bits per heavy atom. The van der Waals surface area contributed by atoms with Gasteiger partial charge in [-0.25, -0.2) is 4.79 Å². The van der Waals surface area contributed by atoms with Gasteiger partial charge in [-0.05, 0) is 31.7 Å². The summed E-state index contributed by atoms with van der Waals surface area (Å²) >= 11 is 0. The molecule has 0 aliphatic carbocycles. The molecule has 0 aromatic heterocycles. The van der Waals surface area contributed by atoms with Gasteiger partial charge in [-0.3, -0.25) is 10.1 Å². The number of urea groups is 1. The second-order valence-corrected chi connectivity index (χ2v) is 6.45. The van der Waals surface area contributed by atoms with Crippen LogP contribution in [0, 0.1) is 21.4 Å². The fourth-order valence-corrected chi connectivity index (χ4v) is 3.64. The third-order valence-electron chi connectivity index (χ3n) is 4.66. The Kier molecular flexibility index (Phi) is 4.47. The van der Waals surface area contributed by atoms with Crippen LogP contribution in [0.3, 0.4) is 0 Å². The standard InChI is InChI=1S/C13H24N4O3/c1-10(17(19)20)3-2-4-13-5-11(6-15-8-13)7-16(9-13)12(14)18/h10-11,15H,2-9H2,1H3,(H2,14,18). The van der Waals surface area contributed by atoms with Crippen LogP contribution < -0.4 is 11.1 Å². The molecule has 3 atom stereocenters. The first kappa shape index (κ1) is 15.0. The van der Waals surface area contributed by atoms with Crippen molar-refractivity contribution in [3.05, 3.63) is 10.1 Å². The predicted octanol–water partition coefficient (Wildman–Crippen LogP) is 0.812. The zero-order valence-corrected chi connectivity index (χ0v) is 12.0. The molecule has 0 saturated carbocycles. The van der Waals surface area contributed by atoms with Crippen molar-refractivity contribution in [3.63, 3.8) is 0 Å². The van der Waals surface area contributed by atoms with Gasteiger partial charge < -0.3 is 16.0 Å². The highest BCUT2D eigenvalue weighted by molar-refractivity contribution is 5.72. The van der Waals surface area contributed by atoms with Crippen LogP contribution in [0.4, 0.5) is 4.79 Å². The number of fused-ring (bicyclic) bond motifs is 2. The molecule has 0 radical (unpaired) electrons.